The van der Waals surface area contributed by atoms with Crippen LogP contribution in [0.15, 0.2) is 28.8 Å². The Labute approximate surface area is 128 Å². The Kier molecular flexibility index (Phi) is 4.34. The van der Waals surface area contributed by atoms with Gasteiger partial charge in [-0.2, -0.15) is 4.98 Å². The lowest BCUT2D eigenvalue weighted by molar-refractivity contribution is -0.119. The van der Waals surface area contributed by atoms with Gasteiger partial charge in [-0.1, -0.05) is 5.16 Å². The third-order valence-corrected chi connectivity index (χ3v) is 3.48. The number of carbonyl (C=O) groups excluding carboxylic acids is 1. The van der Waals surface area contributed by atoms with Gasteiger partial charge in [-0.25, -0.2) is 0 Å². The Hall–Kier alpha value is -2.41. The molecule has 3 rings (SSSR count). The maximum atomic E-state index is 12.0. The quantitative estimate of drug-likeness (QED) is 0.870. The van der Waals surface area contributed by atoms with Gasteiger partial charge < -0.3 is 19.9 Å². The molecule has 7 heteroatoms. The molecule has 0 aliphatic carbocycles. The van der Waals surface area contributed by atoms with Gasteiger partial charge >= 0.3 is 0 Å². The van der Waals surface area contributed by atoms with Crippen molar-refractivity contribution in [1.82, 2.24) is 15.5 Å². The molecule has 1 aromatic carbocycles. The number of benzene rings is 1. The summed E-state index contributed by atoms with van der Waals surface area (Å²) in [6, 6.07) is 7.22. The molecule has 1 unspecified atom stereocenters. The van der Waals surface area contributed by atoms with Gasteiger partial charge in [0.2, 0.25) is 5.91 Å². The van der Waals surface area contributed by atoms with Crippen molar-refractivity contribution in [1.29, 1.82) is 0 Å². The number of anilines is 1. The SMILES string of the molecule is Cc1noc(COc2ccc(NC(=O)C3CCNC3)cc2)n1. The second kappa shape index (κ2) is 6.57. The number of carbonyl (C=O) groups is 1. The molecule has 1 atom stereocenters. The molecule has 1 aromatic heterocycles. The third-order valence-electron chi connectivity index (χ3n) is 3.48. The number of hydrogen-bond donors (Lipinski definition) is 2. The summed E-state index contributed by atoms with van der Waals surface area (Å²) in [5.74, 6) is 1.80. The van der Waals surface area contributed by atoms with Gasteiger partial charge in [-0.05, 0) is 44.2 Å². The highest BCUT2D eigenvalue weighted by Gasteiger charge is 2.22. The van der Waals surface area contributed by atoms with Gasteiger partial charge in [-0.15, -0.1) is 0 Å². The van der Waals surface area contributed by atoms with E-state index in [1.54, 1.807) is 19.1 Å². The van der Waals surface area contributed by atoms with Gasteiger partial charge in [0.15, 0.2) is 12.4 Å². The second-order valence-electron chi connectivity index (χ2n) is 5.23. The lowest BCUT2D eigenvalue weighted by Crippen LogP contribution is -2.24. The van der Waals surface area contributed by atoms with Gasteiger partial charge in [0, 0.05) is 12.2 Å². The average Bonchev–Trinajstić information content (AvgIpc) is 3.18. The van der Waals surface area contributed by atoms with Crippen LogP contribution in [0.2, 0.25) is 0 Å². The summed E-state index contributed by atoms with van der Waals surface area (Å²) in [6.45, 7) is 3.63. The first kappa shape index (κ1) is 14.5. The summed E-state index contributed by atoms with van der Waals surface area (Å²) in [5, 5.41) is 9.79. The third kappa shape index (κ3) is 3.62. The number of aryl methyl sites for hydroxylation is 1. The summed E-state index contributed by atoms with van der Waals surface area (Å²) in [6.07, 6.45) is 0.886. The highest BCUT2D eigenvalue weighted by atomic mass is 16.5. The van der Waals surface area contributed by atoms with Crippen molar-refractivity contribution in [2.24, 2.45) is 5.92 Å². The predicted octanol–water partition coefficient (Wildman–Crippen LogP) is 1.51. The lowest BCUT2D eigenvalue weighted by Gasteiger charge is -2.10. The fraction of sp³-hybridized carbons (Fsp3) is 0.400. The molecule has 1 aliphatic heterocycles. The van der Waals surface area contributed by atoms with Crippen LogP contribution in [-0.2, 0) is 11.4 Å². The highest BCUT2D eigenvalue weighted by molar-refractivity contribution is 5.92. The molecule has 0 spiro atoms. The van der Waals surface area contributed by atoms with E-state index in [9.17, 15) is 4.79 Å². The minimum absolute atomic E-state index is 0.0525. The average molecular weight is 302 g/mol. The predicted molar refractivity (Wildman–Crippen MR) is 79.4 cm³/mol. The summed E-state index contributed by atoms with van der Waals surface area (Å²) in [5.41, 5.74) is 0.762. The Bertz CT molecular complexity index is 632. The topological polar surface area (TPSA) is 89.3 Å². The van der Waals surface area contributed by atoms with Crippen LogP contribution in [0.1, 0.15) is 18.1 Å². The number of rotatable bonds is 5. The second-order valence-corrected chi connectivity index (χ2v) is 5.23. The summed E-state index contributed by atoms with van der Waals surface area (Å²) < 4.78 is 10.5. The molecule has 2 aromatic rings. The monoisotopic (exact) mass is 302 g/mol. The van der Waals surface area contributed by atoms with Crippen LogP contribution >= 0.6 is 0 Å². The normalized spacial score (nSPS) is 17.4. The molecule has 2 N–H and O–H groups in total. The number of ether oxygens (including phenoxy) is 1. The van der Waals surface area contributed by atoms with Gasteiger partial charge in [0.25, 0.3) is 5.89 Å². The minimum Gasteiger partial charge on any atom is -0.484 e. The molecule has 0 radical (unpaired) electrons. The fourth-order valence-electron chi connectivity index (χ4n) is 2.30. The number of hydrogen-bond acceptors (Lipinski definition) is 6. The van der Waals surface area contributed by atoms with Crippen LogP contribution in [0, 0.1) is 12.8 Å². The van der Waals surface area contributed by atoms with Gasteiger partial charge in [0.1, 0.15) is 5.75 Å². The van der Waals surface area contributed by atoms with E-state index >= 15 is 0 Å². The standard InChI is InChI=1S/C15H18N4O3/c1-10-17-14(22-19-10)9-21-13-4-2-12(3-5-13)18-15(20)11-6-7-16-8-11/h2-5,11,16H,6-9H2,1H3,(H,18,20). The van der Waals surface area contributed by atoms with Crippen molar-refractivity contribution in [2.75, 3.05) is 18.4 Å². The van der Waals surface area contributed by atoms with Crippen molar-refractivity contribution < 1.29 is 14.1 Å². The van der Waals surface area contributed by atoms with E-state index in [0.717, 1.165) is 25.2 Å². The first-order chi connectivity index (χ1) is 10.7. The van der Waals surface area contributed by atoms with Crippen LogP contribution in [0.25, 0.3) is 0 Å². The number of nitrogens with zero attached hydrogens (tertiary/aromatic N) is 2. The maximum Gasteiger partial charge on any atom is 0.264 e. The first-order valence-corrected chi connectivity index (χ1v) is 7.24. The zero-order valence-electron chi connectivity index (χ0n) is 12.3. The van der Waals surface area contributed by atoms with Gasteiger partial charge in [-0.3, -0.25) is 4.79 Å². The van der Waals surface area contributed by atoms with Crippen LogP contribution in [0.3, 0.4) is 0 Å². The van der Waals surface area contributed by atoms with Gasteiger partial charge in [0.05, 0.1) is 5.92 Å². The molecule has 1 saturated heterocycles. The zero-order chi connectivity index (χ0) is 15.4. The zero-order valence-corrected chi connectivity index (χ0v) is 12.3. The summed E-state index contributed by atoms with van der Waals surface area (Å²) >= 11 is 0. The summed E-state index contributed by atoms with van der Waals surface area (Å²) in [4.78, 5) is 16.1. The molecule has 116 valence electrons. The Morgan fingerprint density at radius 1 is 1.45 bits per heavy atom. The molecule has 22 heavy (non-hydrogen) atoms. The van der Waals surface area contributed by atoms with Crippen molar-refractivity contribution in [3.8, 4) is 5.75 Å². The molecule has 1 fully saturated rings. The van der Waals surface area contributed by atoms with Crippen molar-refractivity contribution >= 4 is 11.6 Å². The fourth-order valence-corrected chi connectivity index (χ4v) is 2.30. The molecular formula is C15H18N4O3. The van der Waals surface area contributed by atoms with E-state index in [1.807, 2.05) is 12.1 Å². The number of nitrogens with one attached hydrogen (secondary N) is 2. The van der Waals surface area contributed by atoms with E-state index in [2.05, 4.69) is 20.8 Å². The highest BCUT2D eigenvalue weighted by Crippen LogP contribution is 2.18. The molecule has 7 nitrogen and oxygen atoms in total. The van der Waals surface area contributed by atoms with Crippen LogP contribution in [0.5, 0.6) is 5.75 Å². The Morgan fingerprint density at radius 3 is 2.91 bits per heavy atom. The van der Waals surface area contributed by atoms with E-state index in [0.29, 0.717) is 17.5 Å². The minimum atomic E-state index is 0.0525. The molecule has 0 bridgehead atoms. The molecule has 1 aliphatic rings. The summed E-state index contributed by atoms with van der Waals surface area (Å²) in [7, 11) is 0. The number of aromatic nitrogens is 2. The van der Waals surface area contributed by atoms with E-state index in [1.165, 1.54) is 0 Å². The molecule has 0 saturated carbocycles. The van der Waals surface area contributed by atoms with Crippen LogP contribution in [0.4, 0.5) is 5.69 Å². The Balaban J connectivity index is 1.52. The number of amides is 1. The van der Waals surface area contributed by atoms with E-state index in [4.69, 9.17) is 9.26 Å². The first-order valence-electron chi connectivity index (χ1n) is 7.24. The Morgan fingerprint density at radius 2 is 2.27 bits per heavy atom. The maximum absolute atomic E-state index is 12.0. The smallest absolute Gasteiger partial charge is 0.264 e. The molecule has 1 amide bonds. The van der Waals surface area contributed by atoms with Crippen molar-refractivity contribution in [3.63, 3.8) is 0 Å². The largest absolute Gasteiger partial charge is 0.484 e. The van der Waals surface area contributed by atoms with Crippen molar-refractivity contribution in [2.45, 2.75) is 20.0 Å². The van der Waals surface area contributed by atoms with Crippen LogP contribution in [-0.4, -0.2) is 29.1 Å². The lowest BCUT2D eigenvalue weighted by atomic mass is 10.1. The van der Waals surface area contributed by atoms with Crippen LogP contribution < -0.4 is 15.4 Å². The van der Waals surface area contributed by atoms with E-state index in [-0.39, 0.29) is 18.4 Å². The molecule has 2 heterocycles. The van der Waals surface area contributed by atoms with Crippen molar-refractivity contribution in [3.05, 3.63) is 36.0 Å². The molecular weight excluding hydrogens is 284 g/mol. The van der Waals surface area contributed by atoms with E-state index < -0.39 is 0 Å².